The zero-order valence-electron chi connectivity index (χ0n) is 20.2. The zero-order chi connectivity index (χ0) is 26.9. The Morgan fingerprint density at radius 2 is 1.76 bits per heavy atom. The number of hydrogen-bond acceptors (Lipinski definition) is 5. The molecule has 0 fully saturated rings. The van der Waals surface area contributed by atoms with Crippen molar-refractivity contribution in [1.82, 2.24) is 15.0 Å². The smallest absolute Gasteiger partial charge is 0.417 e. The molecule has 0 aliphatic carbocycles. The number of carboxylic acids is 1. The highest BCUT2D eigenvalue weighted by Crippen LogP contribution is 2.40. The van der Waals surface area contributed by atoms with Crippen LogP contribution in [0.1, 0.15) is 23.6 Å². The molecule has 0 aliphatic heterocycles. The normalized spacial score (nSPS) is 12.6. The summed E-state index contributed by atoms with van der Waals surface area (Å²) in [5.41, 5.74) is 0.969. The summed E-state index contributed by atoms with van der Waals surface area (Å²) in [4.78, 5) is 16.8. The van der Waals surface area contributed by atoms with E-state index in [1.165, 1.54) is 42.2 Å². The molecule has 0 spiro atoms. The van der Waals surface area contributed by atoms with E-state index >= 15 is 0 Å². The van der Waals surface area contributed by atoms with Crippen molar-refractivity contribution in [3.05, 3.63) is 83.2 Å². The molecule has 4 aromatic rings. The first-order chi connectivity index (χ1) is 17.5. The molecule has 6 nitrogen and oxygen atoms in total. The van der Waals surface area contributed by atoms with Crippen molar-refractivity contribution in [3.63, 3.8) is 0 Å². The lowest BCUT2D eigenvalue weighted by Gasteiger charge is -2.21. The fourth-order valence-electron chi connectivity index (χ4n) is 3.89. The first-order valence-corrected chi connectivity index (χ1v) is 11.3. The van der Waals surface area contributed by atoms with Gasteiger partial charge < -0.3 is 9.63 Å². The molecule has 1 aromatic heterocycles. The van der Waals surface area contributed by atoms with Crippen LogP contribution in [0.4, 0.5) is 17.6 Å². The van der Waals surface area contributed by atoms with Gasteiger partial charge in [-0.05, 0) is 55.8 Å². The van der Waals surface area contributed by atoms with Crippen molar-refractivity contribution >= 4 is 5.97 Å². The minimum Gasteiger partial charge on any atom is -0.480 e. The average Bonchev–Trinajstić information content (AvgIpc) is 3.34. The molecular weight excluding hydrogens is 490 g/mol. The number of aromatic nitrogens is 2. The summed E-state index contributed by atoms with van der Waals surface area (Å²) in [5, 5.41) is 12.9. The van der Waals surface area contributed by atoms with Gasteiger partial charge in [0.05, 0.1) is 5.56 Å². The van der Waals surface area contributed by atoms with Gasteiger partial charge in [-0.25, -0.2) is 4.39 Å². The Kier molecular flexibility index (Phi) is 7.13. The van der Waals surface area contributed by atoms with Gasteiger partial charge in [0, 0.05) is 23.2 Å². The number of alkyl halides is 3. The summed E-state index contributed by atoms with van der Waals surface area (Å²) >= 11 is 0. The van der Waals surface area contributed by atoms with E-state index in [1.54, 1.807) is 38.2 Å². The van der Waals surface area contributed by atoms with Crippen LogP contribution in [0.3, 0.4) is 0 Å². The van der Waals surface area contributed by atoms with Gasteiger partial charge in [0.25, 0.3) is 5.89 Å². The first-order valence-electron chi connectivity index (χ1n) is 11.3. The van der Waals surface area contributed by atoms with E-state index in [4.69, 9.17) is 9.63 Å². The van der Waals surface area contributed by atoms with Crippen LogP contribution in [0, 0.1) is 12.7 Å². The van der Waals surface area contributed by atoms with Crippen LogP contribution in [-0.4, -0.2) is 39.2 Å². The standard InChI is InChI=1S/C27H23F4N3O3/c1-15-6-4-5-7-20(15)21-11-10-18(12-22(21)27(29,30)31)25-32-24(33-37-25)17-8-9-19(23(28)13-17)14-34(3)16(2)26(35)36/h4-13,16H,14H2,1-3H3,(H,35,36)/t16-/m0/s1. The average molecular weight is 513 g/mol. The molecular formula is C27H23F4N3O3. The summed E-state index contributed by atoms with van der Waals surface area (Å²) in [6.45, 7) is 3.29. The van der Waals surface area contributed by atoms with Crippen LogP contribution in [0.5, 0.6) is 0 Å². The number of halogens is 4. The van der Waals surface area contributed by atoms with Crippen LogP contribution in [0.15, 0.2) is 65.2 Å². The maximum atomic E-state index is 14.7. The number of aryl methyl sites for hydroxylation is 1. The molecule has 3 aromatic carbocycles. The second kappa shape index (κ2) is 10.1. The van der Waals surface area contributed by atoms with Crippen molar-refractivity contribution in [3.8, 4) is 34.0 Å². The lowest BCUT2D eigenvalue weighted by molar-refractivity contribution is -0.142. The molecule has 0 amide bonds. The second-order valence-electron chi connectivity index (χ2n) is 8.73. The summed E-state index contributed by atoms with van der Waals surface area (Å²) in [7, 11) is 1.57. The molecule has 0 aliphatic rings. The molecule has 4 rings (SSSR count). The van der Waals surface area contributed by atoms with Crippen molar-refractivity contribution in [2.75, 3.05) is 7.05 Å². The maximum Gasteiger partial charge on any atom is 0.417 e. The number of hydrogen-bond donors (Lipinski definition) is 1. The Hall–Kier alpha value is -4.05. The van der Waals surface area contributed by atoms with E-state index in [0.717, 1.165) is 6.07 Å². The fourth-order valence-corrected chi connectivity index (χ4v) is 3.89. The third-order valence-electron chi connectivity index (χ3n) is 6.18. The van der Waals surface area contributed by atoms with E-state index < -0.39 is 29.6 Å². The molecule has 1 heterocycles. The van der Waals surface area contributed by atoms with E-state index in [0.29, 0.717) is 11.1 Å². The zero-order valence-corrected chi connectivity index (χ0v) is 20.2. The van der Waals surface area contributed by atoms with Gasteiger partial charge in [-0.15, -0.1) is 0 Å². The van der Waals surface area contributed by atoms with Crippen LogP contribution in [0.25, 0.3) is 34.0 Å². The Bertz CT molecular complexity index is 1450. The lowest BCUT2D eigenvalue weighted by atomic mass is 9.94. The molecule has 1 N–H and O–H groups in total. The van der Waals surface area contributed by atoms with Crippen LogP contribution in [-0.2, 0) is 17.5 Å². The number of likely N-dealkylation sites (N-methyl/N-ethyl adjacent to an activating group) is 1. The molecule has 1 atom stereocenters. The predicted molar refractivity (Wildman–Crippen MR) is 129 cm³/mol. The minimum absolute atomic E-state index is 0.00393. The van der Waals surface area contributed by atoms with Gasteiger partial charge in [0.15, 0.2) is 0 Å². The summed E-state index contributed by atoms with van der Waals surface area (Å²) in [6, 6.07) is 14.0. The number of nitrogens with zero attached hydrogens (tertiary/aromatic N) is 3. The van der Waals surface area contributed by atoms with Gasteiger partial charge in [-0.2, -0.15) is 18.2 Å². The molecule has 0 bridgehead atoms. The molecule has 192 valence electrons. The maximum absolute atomic E-state index is 14.7. The van der Waals surface area contributed by atoms with Crippen LogP contribution >= 0.6 is 0 Å². The quantitative estimate of drug-likeness (QED) is 0.287. The topological polar surface area (TPSA) is 79.5 Å². The Balaban J connectivity index is 1.64. The fraction of sp³-hybridized carbons (Fsp3) is 0.222. The van der Waals surface area contributed by atoms with E-state index in [2.05, 4.69) is 10.1 Å². The first kappa shape index (κ1) is 26.0. The number of carbonyl (C=O) groups is 1. The number of rotatable bonds is 7. The van der Waals surface area contributed by atoms with Gasteiger partial charge in [0.1, 0.15) is 11.9 Å². The predicted octanol–water partition coefficient (Wildman–Crippen LogP) is 6.44. The van der Waals surface area contributed by atoms with Gasteiger partial charge in [-0.3, -0.25) is 9.69 Å². The number of benzene rings is 3. The molecule has 10 heteroatoms. The molecule has 0 saturated carbocycles. The summed E-state index contributed by atoms with van der Waals surface area (Å²) in [6.07, 6.45) is -4.62. The van der Waals surface area contributed by atoms with Gasteiger partial charge in [-0.1, -0.05) is 47.6 Å². The lowest BCUT2D eigenvalue weighted by Crippen LogP contribution is -2.35. The monoisotopic (exact) mass is 513 g/mol. The largest absolute Gasteiger partial charge is 0.480 e. The second-order valence-corrected chi connectivity index (χ2v) is 8.73. The third-order valence-corrected chi connectivity index (χ3v) is 6.18. The summed E-state index contributed by atoms with van der Waals surface area (Å²) < 4.78 is 61.8. The van der Waals surface area contributed by atoms with E-state index in [-0.39, 0.29) is 40.5 Å². The Morgan fingerprint density at radius 1 is 1.05 bits per heavy atom. The van der Waals surface area contributed by atoms with Crippen molar-refractivity contribution < 1.29 is 32.0 Å². The SMILES string of the molecule is Cc1ccccc1-c1ccc(-c2nc(-c3ccc(CN(C)[C@@H](C)C(=O)O)c(F)c3)no2)cc1C(F)(F)F. The van der Waals surface area contributed by atoms with Gasteiger partial charge in [0.2, 0.25) is 5.82 Å². The van der Waals surface area contributed by atoms with Gasteiger partial charge >= 0.3 is 12.1 Å². The third kappa shape index (κ3) is 5.54. The highest BCUT2D eigenvalue weighted by molar-refractivity contribution is 5.75. The van der Waals surface area contributed by atoms with Crippen LogP contribution in [0.2, 0.25) is 0 Å². The molecule has 0 saturated heterocycles. The highest BCUT2D eigenvalue weighted by Gasteiger charge is 2.35. The molecule has 0 unspecified atom stereocenters. The minimum atomic E-state index is -4.62. The van der Waals surface area contributed by atoms with E-state index in [1.807, 2.05) is 0 Å². The number of carboxylic acid groups (broad SMARTS) is 1. The Labute approximate surface area is 210 Å². The molecule has 37 heavy (non-hydrogen) atoms. The summed E-state index contributed by atoms with van der Waals surface area (Å²) in [5.74, 6) is -1.77. The van der Waals surface area contributed by atoms with Crippen molar-refractivity contribution in [2.24, 2.45) is 0 Å². The molecule has 0 radical (unpaired) electrons. The van der Waals surface area contributed by atoms with Crippen molar-refractivity contribution in [1.29, 1.82) is 0 Å². The Morgan fingerprint density at radius 3 is 2.41 bits per heavy atom. The van der Waals surface area contributed by atoms with Crippen LogP contribution < -0.4 is 0 Å². The van der Waals surface area contributed by atoms with Crippen molar-refractivity contribution in [2.45, 2.75) is 32.6 Å². The van der Waals surface area contributed by atoms with E-state index in [9.17, 15) is 22.4 Å². The number of aliphatic carboxylic acids is 1. The highest BCUT2D eigenvalue weighted by atomic mass is 19.4.